The first-order valence-electron chi connectivity index (χ1n) is 9.45. The van der Waals surface area contributed by atoms with Crippen LogP contribution in [0.5, 0.6) is 5.75 Å². The van der Waals surface area contributed by atoms with E-state index < -0.39 is 5.97 Å². The molecule has 0 unspecified atom stereocenters. The molecule has 0 bridgehead atoms. The largest absolute Gasteiger partial charge is 0.489 e. The molecular weight excluding hydrogens is 366 g/mol. The van der Waals surface area contributed by atoms with E-state index in [1.54, 1.807) is 24.3 Å². The Hall–Kier alpha value is -3.60. The Morgan fingerprint density at radius 1 is 0.759 bits per heavy atom. The molecule has 0 saturated heterocycles. The Bertz CT molecular complexity index is 909. The molecule has 0 aliphatic carbocycles. The number of ether oxygens (including phenoxy) is 2. The number of nitrogens with one attached hydrogen (secondary N) is 1. The average Bonchev–Trinajstić information content (AvgIpc) is 2.78. The van der Waals surface area contributed by atoms with Gasteiger partial charge in [-0.1, -0.05) is 60.7 Å². The van der Waals surface area contributed by atoms with Crippen molar-refractivity contribution in [2.45, 2.75) is 13.0 Å². The summed E-state index contributed by atoms with van der Waals surface area (Å²) < 4.78 is 10.8. The summed E-state index contributed by atoms with van der Waals surface area (Å²) in [6.45, 7) is 0.603. The van der Waals surface area contributed by atoms with E-state index in [1.807, 2.05) is 60.7 Å². The van der Waals surface area contributed by atoms with Crippen molar-refractivity contribution in [1.82, 2.24) is 5.32 Å². The molecule has 5 nitrogen and oxygen atoms in total. The SMILES string of the molecule is O=C(COC(=O)c1ccc(COc2ccccc2)cc1)NCCc1ccccc1. The van der Waals surface area contributed by atoms with Crippen LogP contribution in [0.1, 0.15) is 21.5 Å². The smallest absolute Gasteiger partial charge is 0.338 e. The standard InChI is InChI=1S/C24H23NO4/c26-23(25-16-15-19-7-3-1-4-8-19)18-29-24(27)21-13-11-20(12-14-21)17-28-22-9-5-2-6-10-22/h1-14H,15-18H2,(H,25,26). The Kier molecular flexibility index (Phi) is 7.41. The van der Waals surface area contributed by atoms with Gasteiger partial charge in [0.2, 0.25) is 0 Å². The van der Waals surface area contributed by atoms with E-state index in [-0.39, 0.29) is 12.5 Å². The highest BCUT2D eigenvalue weighted by Crippen LogP contribution is 2.12. The van der Waals surface area contributed by atoms with Gasteiger partial charge in [0.1, 0.15) is 12.4 Å². The van der Waals surface area contributed by atoms with E-state index in [2.05, 4.69) is 5.32 Å². The van der Waals surface area contributed by atoms with Crippen LogP contribution in [0.25, 0.3) is 0 Å². The van der Waals surface area contributed by atoms with Gasteiger partial charge in [0, 0.05) is 6.54 Å². The Morgan fingerprint density at radius 3 is 2.10 bits per heavy atom. The lowest BCUT2D eigenvalue weighted by molar-refractivity contribution is -0.124. The Morgan fingerprint density at radius 2 is 1.41 bits per heavy atom. The highest BCUT2D eigenvalue weighted by molar-refractivity contribution is 5.91. The monoisotopic (exact) mass is 389 g/mol. The minimum Gasteiger partial charge on any atom is -0.489 e. The van der Waals surface area contributed by atoms with Gasteiger partial charge in [0.15, 0.2) is 6.61 Å². The zero-order valence-corrected chi connectivity index (χ0v) is 16.0. The van der Waals surface area contributed by atoms with Crippen molar-refractivity contribution in [2.24, 2.45) is 0 Å². The summed E-state index contributed by atoms with van der Waals surface area (Å²) in [6, 6.07) is 26.3. The van der Waals surface area contributed by atoms with Crippen LogP contribution in [0.2, 0.25) is 0 Å². The summed E-state index contributed by atoms with van der Waals surface area (Å²) in [4.78, 5) is 23.9. The minimum absolute atomic E-state index is 0.299. The van der Waals surface area contributed by atoms with Crippen LogP contribution in [0.15, 0.2) is 84.9 Å². The van der Waals surface area contributed by atoms with Crippen LogP contribution in [0.3, 0.4) is 0 Å². The molecule has 0 aliphatic heterocycles. The number of esters is 1. The molecule has 29 heavy (non-hydrogen) atoms. The molecule has 0 fully saturated rings. The molecule has 1 N–H and O–H groups in total. The fourth-order valence-electron chi connectivity index (χ4n) is 2.68. The van der Waals surface area contributed by atoms with Crippen LogP contribution in [0, 0.1) is 0 Å². The molecule has 3 rings (SSSR count). The quantitative estimate of drug-likeness (QED) is 0.566. The first-order valence-corrected chi connectivity index (χ1v) is 9.45. The fourth-order valence-corrected chi connectivity index (χ4v) is 2.68. The van der Waals surface area contributed by atoms with E-state index in [0.29, 0.717) is 18.7 Å². The van der Waals surface area contributed by atoms with Crippen molar-refractivity contribution < 1.29 is 19.1 Å². The second kappa shape index (κ2) is 10.7. The molecule has 3 aromatic carbocycles. The normalized spacial score (nSPS) is 10.2. The number of carbonyl (C=O) groups excluding carboxylic acids is 2. The first-order chi connectivity index (χ1) is 14.2. The van der Waals surface area contributed by atoms with Crippen molar-refractivity contribution in [3.63, 3.8) is 0 Å². The second-order valence-electron chi connectivity index (χ2n) is 6.46. The lowest BCUT2D eigenvalue weighted by Crippen LogP contribution is -2.30. The third kappa shape index (κ3) is 6.81. The van der Waals surface area contributed by atoms with E-state index in [0.717, 1.165) is 23.3 Å². The number of carbonyl (C=O) groups is 2. The number of hydrogen-bond acceptors (Lipinski definition) is 4. The molecule has 0 atom stereocenters. The molecule has 0 aliphatic rings. The topological polar surface area (TPSA) is 64.6 Å². The molecule has 148 valence electrons. The molecule has 0 radical (unpaired) electrons. The zero-order chi connectivity index (χ0) is 20.3. The van der Waals surface area contributed by atoms with Gasteiger partial charge in [-0.3, -0.25) is 4.79 Å². The minimum atomic E-state index is -0.529. The number of hydrogen-bond donors (Lipinski definition) is 1. The first kappa shape index (κ1) is 20.1. The van der Waals surface area contributed by atoms with Crippen molar-refractivity contribution in [2.75, 3.05) is 13.2 Å². The van der Waals surface area contributed by atoms with Crippen molar-refractivity contribution in [3.05, 3.63) is 102 Å². The van der Waals surface area contributed by atoms with Crippen LogP contribution in [-0.2, 0) is 22.6 Å². The maximum absolute atomic E-state index is 12.1. The van der Waals surface area contributed by atoms with Crippen molar-refractivity contribution in [1.29, 1.82) is 0 Å². The highest BCUT2D eigenvalue weighted by atomic mass is 16.5. The molecule has 0 saturated carbocycles. The average molecular weight is 389 g/mol. The predicted octanol–water partition coefficient (Wildman–Crippen LogP) is 3.78. The summed E-state index contributed by atoms with van der Waals surface area (Å²) in [5, 5.41) is 2.75. The maximum atomic E-state index is 12.1. The number of rotatable bonds is 9. The van der Waals surface area contributed by atoms with Crippen LogP contribution in [0.4, 0.5) is 0 Å². The summed E-state index contributed by atoms with van der Waals surface area (Å²) in [6.07, 6.45) is 0.729. The molecular formula is C24H23NO4. The third-order valence-electron chi connectivity index (χ3n) is 4.25. The summed E-state index contributed by atoms with van der Waals surface area (Å²) >= 11 is 0. The van der Waals surface area contributed by atoms with E-state index >= 15 is 0 Å². The lowest BCUT2D eigenvalue weighted by Gasteiger charge is -2.08. The Balaban J connectivity index is 1.38. The van der Waals surface area contributed by atoms with Crippen molar-refractivity contribution in [3.8, 4) is 5.75 Å². The fraction of sp³-hybridized carbons (Fsp3) is 0.167. The van der Waals surface area contributed by atoms with Gasteiger partial charge in [0.05, 0.1) is 5.56 Å². The molecule has 0 spiro atoms. The van der Waals surface area contributed by atoms with E-state index in [4.69, 9.17) is 9.47 Å². The molecule has 1 amide bonds. The number of para-hydroxylation sites is 1. The molecule has 0 aromatic heterocycles. The zero-order valence-electron chi connectivity index (χ0n) is 16.0. The maximum Gasteiger partial charge on any atom is 0.338 e. The predicted molar refractivity (Wildman–Crippen MR) is 111 cm³/mol. The summed E-state index contributed by atoms with van der Waals surface area (Å²) in [5.41, 5.74) is 2.47. The third-order valence-corrected chi connectivity index (χ3v) is 4.25. The summed E-state index contributed by atoms with van der Waals surface area (Å²) in [5.74, 6) is -0.0600. The van der Waals surface area contributed by atoms with Gasteiger partial charge in [-0.25, -0.2) is 4.79 Å². The summed E-state index contributed by atoms with van der Waals surface area (Å²) in [7, 11) is 0. The van der Waals surface area contributed by atoms with E-state index in [1.165, 1.54) is 0 Å². The van der Waals surface area contributed by atoms with Gasteiger partial charge in [-0.05, 0) is 41.8 Å². The number of benzene rings is 3. The molecule has 3 aromatic rings. The van der Waals surface area contributed by atoms with Gasteiger partial charge >= 0.3 is 5.97 Å². The van der Waals surface area contributed by atoms with Crippen LogP contribution in [-0.4, -0.2) is 25.0 Å². The lowest BCUT2D eigenvalue weighted by atomic mass is 10.1. The van der Waals surface area contributed by atoms with Gasteiger partial charge in [-0.15, -0.1) is 0 Å². The van der Waals surface area contributed by atoms with Crippen molar-refractivity contribution >= 4 is 11.9 Å². The van der Waals surface area contributed by atoms with Gasteiger partial charge in [0.25, 0.3) is 5.91 Å². The number of amides is 1. The van der Waals surface area contributed by atoms with Crippen LogP contribution < -0.4 is 10.1 Å². The van der Waals surface area contributed by atoms with Gasteiger partial charge in [-0.2, -0.15) is 0 Å². The second-order valence-corrected chi connectivity index (χ2v) is 6.46. The molecule has 5 heteroatoms. The van der Waals surface area contributed by atoms with Gasteiger partial charge < -0.3 is 14.8 Å². The molecule has 0 heterocycles. The Labute approximate surface area is 170 Å². The highest BCUT2D eigenvalue weighted by Gasteiger charge is 2.10. The van der Waals surface area contributed by atoms with E-state index in [9.17, 15) is 9.59 Å². The van der Waals surface area contributed by atoms with Crippen LogP contribution >= 0.6 is 0 Å².